The molecule has 0 aliphatic carbocycles. The van der Waals surface area contributed by atoms with Crippen LogP contribution in [0.4, 0.5) is 0 Å². The van der Waals surface area contributed by atoms with Crippen molar-refractivity contribution in [2.45, 2.75) is 6.92 Å². The molecule has 7 heteroatoms. The Kier molecular flexibility index (Phi) is 3.96. The predicted octanol–water partition coefficient (Wildman–Crippen LogP) is 0.571. The molecule has 0 bridgehead atoms. The fourth-order valence-electron chi connectivity index (χ4n) is 0.990. The van der Waals surface area contributed by atoms with Crippen LogP contribution in [0.2, 0.25) is 0 Å². The van der Waals surface area contributed by atoms with Gasteiger partial charge in [-0.3, -0.25) is 10.7 Å². The number of carboxylic acid groups (broad SMARTS) is 1. The Labute approximate surface area is 96.1 Å². The van der Waals surface area contributed by atoms with E-state index in [9.17, 15) is 9.59 Å². The van der Waals surface area contributed by atoms with Crippen LogP contribution in [0, 0.1) is 0 Å². The maximum absolute atomic E-state index is 11.6. The van der Waals surface area contributed by atoms with E-state index in [0.717, 1.165) is 12.3 Å². The molecular formula is C10H7N4O3-. The summed E-state index contributed by atoms with van der Waals surface area (Å²) in [6.07, 6.45) is 3.42. The largest absolute Gasteiger partial charge is 0.763 e. The lowest BCUT2D eigenvalue weighted by Gasteiger charge is -1.99. The summed E-state index contributed by atoms with van der Waals surface area (Å²) in [5.41, 5.74) is -0.656. The molecule has 1 heterocycles. The van der Waals surface area contributed by atoms with E-state index in [1.54, 1.807) is 5.87 Å². The molecule has 1 N–H and O–H groups in total. The first kappa shape index (κ1) is 12.4. The lowest BCUT2D eigenvalue weighted by atomic mass is 10.3. The molecule has 0 aliphatic rings. The fourth-order valence-corrected chi connectivity index (χ4v) is 0.990. The Morgan fingerprint density at radius 2 is 2.00 bits per heavy atom. The van der Waals surface area contributed by atoms with E-state index in [4.69, 9.17) is 10.5 Å². The fraction of sp³-hybridized carbons (Fsp3) is 0.100. The smallest absolute Gasteiger partial charge is 0.356 e. The molecule has 0 saturated heterocycles. The van der Waals surface area contributed by atoms with Gasteiger partial charge in [0.2, 0.25) is 0 Å². The van der Waals surface area contributed by atoms with Crippen molar-refractivity contribution >= 4 is 23.5 Å². The highest BCUT2D eigenvalue weighted by molar-refractivity contribution is 6.11. The van der Waals surface area contributed by atoms with Crippen LogP contribution in [0.1, 0.15) is 27.9 Å². The second-order valence-corrected chi connectivity index (χ2v) is 2.89. The van der Waals surface area contributed by atoms with Crippen LogP contribution in [0.5, 0.6) is 0 Å². The van der Waals surface area contributed by atoms with Gasteiger partial charge in [-0.2, -0.15) is 0 Å². The van der Waals surface area contributed by atoms with Crippen molar-refractivity contribution in [1.82, 2.24) is 9.97 Å². The summed E-state index contributed by atoms with van der Waals surface area (Å²) in [6.45, 7) is 1.44. The standard InChI is InChI=1S/C10H7N4O3/c1-6(2-3-11)14-9(15)7-8(10(16)17)13-5-4-12-7/h2,4-5H,1H3,(H,16,17)/q-1. The van der Waals surface area contributed by atoms with E-state index >= 15 is 0 Å². The van der Waals surface area contributed by atoms with E-state index < -0.39 is 17.6 Å². The number of carbonyl (C=O) groups excluding carboxylic acids is 1. The molecule has 17 heavy (non-hydrogen) atoms. The molecule has 7 nitrogen and oxygen atoms in total. The third-order valence-corrected chi connectivity index (χ3v) is 1.65. The van der Waals surface area contributed by atoms with Gasteiger partial charge < -0.3 is 10.5 Å². The molecule has 1 rings (SSSR count). The number of rotatable bonds is 3. The molecule has 0 atom stereocenters. The summed E-state index contributed by atoms with van der Waals surface area (Å²) >= 11 is 0. The van der Waals surface area contributed by atoms with Crippen molar-refractivity contribution in [3.8, 4) is 0 Å². The van der Waals surface area contributed by atoms with Crippen molar-refractivity contribution in [2.75, 3.05) is 0 Å². The van der Waals surface area contributed by atoms with Crippen molar-refractivity contribution in [3.63, 3.8) is 0 Å². The number of aliphatic imine (C=N–C) groups is 1. The minimum atomic E-state index is -1.36. The number of hydrogen-bond donors (Lipinski definition) is 1. The number of carboxylic acids is 1. The Hall–Kier alpha value is -2.66. The molecule has 0 aromatic carbocycles. The van der Waals surface area contributed by atoms with Gasteiger partial charge in [0, 0.05) is 18.1 Å². The SMILES string of the molecule is CC(C=C=[N-])=NC(=O)c1nccnc1C(=O)O. The van der Waals surface area contributed by atoms with Crippen LogP contribution in [-0.2, 0) is 0 Å². The summed E-state index contributed by atoms with van der Waals surface area (Å²) in [4.78, 5) is 33.0. The molecule has 86 valence electrons. The zero-order chi connectivity index (χ0) is 12.8. The van der Waals surface area contributed by atoms with Gasteiger partial charge in [-0.1, -0.05) is 0 Å². The minimum absolute atomic E-state index is 0.166. The number of aromatic nitrogens is 2. The highest BCUT2D eigenvalue weighted by atomic mass is 16.4. The summed E-state index contributed by atoms with van der Waals surface area (Å²) in [6, 6.07) is 0. The van der Waals surface area contributed by atoms with Crippen LogP contribution >= 0.6 is 0 Å². The van der Waals surface area contributed by atoms with Gasteiger partial charge in [0.05, 0.1) is 0 Å². The molecule has 1 aromatic heterocycles. The molecule has 0 aliphatic heterocycles. The van der Waals surface area contributed by atoms with Gasteiger partial charge in [-0.05, 0) is 13.0 Å². The highest BCUT2D eigenvalue weighted by Gasteiger charge is 2.18. The molecule has 1 amide bonds. The topological polar surface area (TPSA) is 115 Å². The molecule has 0 unspecified atom stereocenters. The van der Waals surface area contributed by atoms with E-state index in [1.165, 1.54) is 13.1 Å². The van der Waals surface area contributed by atoms with Crippen molar-refractivity contribution in [1.29, 1.82) is 0 Å². The second kappa shape index (κ2) is 5.43. The molecule has 0 saturated carbocycles. The maximum Gasteiger partial charge on any atom is 0.356 e. The first-order valence-corrected chi connectivity index (χ1v) is 4.43. The number of nitrogens with zero attached hydrogens (tertiary/aromatic N) is 4. The number of carbonyl (C=O) groups is 2. The van der Waals surface area contributed by atoms with Gasteiger partial charge in [-0.25, -0.2) is 19.8 Å². The van der Waals surface area contributed by atoms with Crippen LogP contribution in [0.25, 0.3) is 5.41 Å². The van der Waals surface area contributed by atoms with E-state index in [1.807, 2.05) is 0 Å². The molecule has 1 aromatic rings. The van der Waals surface area contributed by atoms with Crippen LogP contribution < -0.4 is 0 Å². The lowest BCUT2D eigenvalue weighted by Crippen LogP contribution is -2.12. The number of allylic oxidation sites excluding steroid dienone is 1. The van der Waals surface area contributed by atoms with E-state index in [2.05, 4.69) is 15.0 Å². The van der Waals surface area contributed by atoms with Crippen molar-refractivity contribution in [3.05, 3.63) is 35.3 Å². The molecule has 0 radical (unpaired) electrons. The quantitative estimate of drug-likeness (QED) is 0.763. The Bertz CT molecular complexity index is 544. The van der Waals surface area contributed by atoms with Crippen molar-refractivity contribution < 1.29 is 14.7 Å². The second-order valence-electron chi connectivity index (χ2n) is 2.89. The average Bonchev–Trinajstić information content (AvgIpc) is 2.29. The van der Waals surface area contributed by atoms with Gasteiger partial charge in [0.25, 0.3) is 5.91 Å². The average molecular weight is 231 g/mol. The third kappa shape index (κ3) is 3.15. The molecule has 0 spiro atoms. The van der Waals surface area contributed by atoms with Gasteiger partial charge >= 0.3 is 5.97 Å². The van der Waals surface area contributed by atoms with Gasteiger partial charge in [0.1, 0.15) is 0 Å². The number of hydrogen-bond acceptors (Lipinski definition) is 4. The Balaban J connectivity index is 3.17. The van der Waals surface area contributed by atoms with Crippen LogP contribution in [0.3, 0.4) is 0 Å². The number of aromatic carboxylic acids is 1. The summed E-state index contributed by atoms with van der Waals surface area (Å²) in [5.74, 6) is -0.509. The van der Waals surface area contributed by atoms with Crippen LogP contribution in [0.15, 0.2) is 23.5 Å². The minimum Gasteiger partial charge on any atom is -0.763 e. The maximum atomic E-state index is 11.6. The summed E-state index contributed by atoms with van der Waals surface area (Å²) in [7, 11) is 0. The Morgan fingerprint density at radius 1 is 1.41 bits per heavy atom. The zero-order valence-corrected chi connectivity index (χ0v) is 8.78. The van der Waals surface area contributed by atoms with Crippen molar-refractivity contribution in [2.24, 2.45) is 4.99 Å². The third-order valence-electron chi connectivity index (χ3n) is 1.65. The van der Waals surface area contributed by atoms with Gasteiger partial charge in [0.15, 0.2) is 11.4 Å². The first-order chi connectivity index (χ1) is 8.06. The molecular weight excluding hydrogens is 224 g/mol. The van der Waals surface area contributed by atoms with E-state index in [-0.39, 0.29) is 11.4 Å². The highest BCUT2D eigenvalue weighted by Crippen LogP contribution is 2.04. The predicted molar refractivity (Wildman–Crippen MR) is 59.4 cm³/mol. The molecule has 0 fully saturated rings. The normalized spacial score (nSPS) is 10.5. The van der Waals surface area contributed by atoms with E-state index in [0.29, 0.717) is 0 Å². The monoisotopic (exact) mass is 231 g/mol. The summed E-state index contributed by atoms with van der Waals surface area (Å²) in [5, 5.41) is 17.1. The summed E-state index contributed by atoms with van der Waals surface area (Å²) < 4.78 is 0. The number of amides is 1. The Morgan fingerprint density at radius 3 is 2.53 bits per heavy atom. The van der Waals surface area contributed by atoms with Gasteiger partial charge in [-0.15, -0.1) is 0 Å². The van der Waals surface area contributed by atoms with Crippen LogP contribution in [-0.4, -0.2) is 38.5 Å². The zero-order valence-electron chi connectivity index (χ0n) is 8.78. The first-order valence-electron chi connectivity index (χ1n) is 4.43. The lowest BCUT2D eigenvalue weighted by molar-refractivity contribution is 0.0684.